The van der Waals surface area contributed by atoms with Crippen LogP contribution in [0.3, 0.4) is 0 Å². The van der Waals surface area contributed by atoms with Crippen molar-refractivity contribution in [3.63, 3.8) is 0 Å². The first-order valence-corrected chi connectivity index (χ1v) is 12.8. The van der Waals surface area contributed by atoms with Gasteiger partial charge >= 0.3 is 11.9 Å². The summed E-state index contributed by atoms with van der Waals surface area (Å²) in [6.07, 6.45) is 2.14. The number of amides is 1. The third-order valence-corrected chi connectivity index (χ3v) is 6.76. The van der Waals surface area contributed by atoms with Gasteiger partial charge < -0.3 is 15.5 Å². The van der Waals surface area contributed by atoms with E-state index in [1.165, 1.54) is 10.4 Å². The molecule has 0 fully saturated rings. The molecular formula is C21H27N3O7S2. The highest BCUT2D eigenvalue weighted by Crippen LogP contribution is 2.35. The molecule has 1 aliphatic rings. The number of carbonyl (C=O) groups is 3. The van der Waals surface area contributed by atoms with E-state index in [4.69, 9.17) is 19.8 Å². The van der Waals surface area contributed by atoms with Crippen molar-refractivity contribution in [2.75, 3.05) is 24.1 Å². The zero-order valence-corrected chi connectivity index (χ0v) is 20.1. The molecule has 0 spiro atoms. The van der Waals surface area contributed by atoms with Crippen molar-refractivity contribution < 1.29 is 33.0 Å². The van der Waals surface area contributed by atoms with E-state index in [0.717, 1.165) is 19.2 Å². The number of hydrogen-bond donors (Lipinski definition) is 4. The fourth-order valence-electron chi connectivity index (χ4n) is 3.57. The minimum atomic E-state index is -3.32. The monoisotopic (exact) mass is 497 g/mol. The number of hydrogen-bond acceptors (Lipinski definition) is 7. The fourth-order valence-corrected chi connectivity index (χ4v) is 5.15. The Bertz CT molecular complexity index is 1090. The van der Waals surface area contributed by atoms with Gasteiger partial charge in [-0.3, -0.25) is 14.4 Å². The smallest absolute Gasteiger partial charge is 0.414 e. The number of nitrogens with zero attached hydrogens (tertiary/aromatic N) is 1. The first kappa shape index (κ1) is 26.3. The number of rotatable bonds is 6. The van der Waals surface area contributed by atoms with Crippen LogP contribution in [0.4, 0.5) is 5.69 Å². The van der Waals surface area contributed by atoms with Gasteiger partial charge in [-0.05, 0) is 61.5 Å². The molecule has 0 bridgehead atoms. The van der Waals surface area contributed by atoms with Crippen molar-refractivity contribution in [1.82, 2.24) is 10.2 Å². The average Bonchev–Trinajstić information content (AvgIpc) is 3.18. The molecule has 1 aromatic carbocycles. The molecule has 2 atom stereocenters. The van der Waals surface area contributed by atoms with Crippen LogP contribution >= 0.6 is 11.3 Å². The van der Waals surface area contributed by atoms with Crippen LogP contribution in [-0.4, -0.2) is 66.8 Å². The highest BCUT2D eigenvalue weighted by atomic mass is 32.2. The molecule has 0 unspecified atom stereocenters. The van der Waals surface area contributed by atoms with E-state index in [9.17, 15) is 13.2 Å². The molecule has 33 heavy (non-hydrogen) atoms. The van der Waals surface area contributed by atoms with Crippen LogP contribution in [0.5, 0.6) is 0 Å². The predicted octanol–water partition coefficient (Wildman–Crippen LogP) is 2.01. The van der Waals surface area contributed by atoms with Gasteiger partial charge in [0.1, 0.15) is 0 Å². The van der Waals surface area contributed by atoms with Crippen LogP contribution in [-0.2, 0) is 26.0 Å². The lowest BCUT2D eigenvalue weighted by molar-refractivity contribution is -0.159. The minimum Gasteiger partial charge on any atom is -0.473 e. The summed E-state index contributed by atoms with van der Waals surface area (Å²) in [6, 6.07) is 9.43. The highest BCUT2D eigenvalue weighted by Gasteiger charge is 2.29. The molecule has 2 aromatic rings. The number of nitrogens with one attached hydrogen (secondary N) is 2. The molecule has 1 amide bonds. The van der Waals surface area contributed by atoms with Gasteiger partial charge in [-0.15, -0.1) is 11.3 Å². The Morgan fingerprint density at radius 3 is 2.24 bits per heavy atom. The van der Waals surface area contributed by atoms with Gasteiger partial charge in [0.05, 0.1) is 6.26 Å². The van der Waals surface area contributed by atoms with E-state index in [-0.39, 0.29) is 5.91 Å². The molecule has 0 saturated carbocycles. The Labute approximate surface area is 196 Å². The second kappa shape index (κ2) is 11.3. The summed E-state index contributed by atoms with van der Waals surface area (Å²) in [5.41, 5.74) is 2.40. The lowest BCUT2D eigenvalue weighted by Gasteiger charge is -2.38. The number of sulfonamides is 1. The van der Waals surface area contributed by atoms with Crippen LogP contribution in [0.25, 0.3) is 0 Å². The zero-order valence-electron chi connectivity index (χ0n) is 18.4. The molecular weight excluding hydrogens is 470 g/mol. The Balaban J connectivity index is 0.000000569. The summed E-state index contributed by atoms with van der Waals surface area (Å²) in [6.45, 7) is 5.81. The third kappa shape index (κ3) is 7.84. The number of carboxylic acids is 2. The van der Waals surface area contributed by atoms with Crippen molar-refractivity contribution in [1.29, 1.82) is 0 Å². The van der Waals surface area contributed by atoms with E-state index >= 15 is 0 Å². The van der Waals surface area contributed by atoms with Crippen molar-refractivity contribution in [2.24, 2.45) is 0 Å². The molecule has 1 aliphatic heterocycles. The molecule has 3 rings (SSSR count). The van der Waals surface area contributed by atoms with Crippen molar-refractivity contribution >= 4 is 44.9 Å². The second-order valence-corrected chi connectivity index (χ2v) is 10.3. The number of fused-ring (bicyclic) bond motifs is 1. The van der Waals surface area contributed by atoms with Crippen molar-refractivity contribution in [3.8, 4) is 0 Å². The van der Waals surface area contributed by atoms with E-state index in [1.807, 2.05) is 0 Å². The van der Waals surface area contributed by atoms with Gasteiger partial charge in [0.15, 0.2) is 0 Å². The lowest BCUT2D eigenvalue weighted by atomic mass is 9.97. The van der Waals surface area contributed by atoms with Gasteiger partial charge in [-0.25, -0.2) is 18.0 Å². The predicted molar refractivity (Wildman–Crippen MR) is 125 cm³/mol. The maximum absolute atomic E-state index is 12.3. The topological polar surface area (TPSA) is 153 Å². The second-order valence-electron chi connectivity index (χ2n) is 7.59. The van der Waals surface area contributed by atoms with Crippen LogP contribution in [0.2, 0.25) is 0 Å². The van der Waals surface area contributed by atoms with Crippen molar-refractivity contribution in [2.45, 2.75) is 32.4 Å². The summed E-state index contributed by atoms with van der Waals surface area (Å²) in [5, 5.41) is 19.9. The van der Waals surface area contributed by atoms with E-state index in [2.05, 4.69) is 40.2 Å². The van der Waals surface area contributed by atoms with Crippen LogP contribution in [0.1, 0.15) is 40.7 Å². The number of thiophene rings is 1. The maximum Gasteiger partial charge on any atom is 0.414 e. The van der Waals surface area contributed by atoms with Gasteiger partial charge in [-0.1, -0.05) is 0 Å². The van der Waals surface area contributed by atoms with Gasteiger partial charge in [0.2, 0.25) is 10.0 Å². The summed E-state index contributed by atoms with van der Waals surface area (Å²) >= 11 is 1.80. The molecule has 4 N–H and O–H groups in total. The number of anilines is 1. The van der Waals surface area contributed by atoms with E-state index < -0.39 is 22.0 Å². The summed E-state index contributed by atoms with van der Waals surface area (Å²) < 4.78 is 24.8. The number of benzene rings is 1. The molecule has 10 nitrogen and oxygen atoms in total. The first-order chi connectivity index (χ1) is 15.4. The Morgan fingerprint density at radius 1 is 1.09 bits per heavy atom. The van der Waals surface area contributed by atoms with Crippen LogP contribution in [0.15, 0.2) is 35.7 Å². The highest BCUT2D eigenvalue weighted by molar-refractivity contribution is 7.92. The normalized spacial score (nSPS) is 17.8. The molecule has 1 aromatic heterocycles. The fraction of sp³-hybridized carbons (Fsp3) is 0.381. The van der Waals surface area contributed by atoms with Crippen LogP contribution in [0, 0.1) is 0 Å². The van der Waals surface area contributed by atoms with Gasteiger partial charge in [0, 0.05) is 41.3 Å². The van der Waals surface area contributed by atoms with Crippen molar-refractivity contribution in [3.05, 3.63) is 51.7 Å². The number of carbonyl (C=O) groups excluding carboxylic acids is 1. The van der Waals surface area contributed by atoms with Crippen LogP contribution < -0.4 is 10.0 Å². The largest absolute Gasteiger partial charge is 0.473 e. The minimum absolute atomic E-state index is 0.157. The molecule has 180 valence electrons. The molecule has 0 radical (unpaired) electrons. The Morgan fingerprint density at radius 2 is 1.70 bits per heavy atom. The zero-order chi connectivity index (χ0) is 24.8. The van der Waals surface area contributed by atoms with Gasteiger partial charge in [0.25, 0.3) is 5.91 Å². The number of carboxylic acid groups (broad SMARTS) is 2. The summed E-state index contributed by atoms with van der Waals surface area (Å²) in [7, 11) is -3.32. The first-order valence-electron chi connectivity index (χ1n) is 10.0. The van der Waals surface area contributed by atoms with E-state index in [0.29, 0.717) is 29.9 Å². The standard InChI is InChI=1S/C19H25N3O3S2.C2H2O4/c1-13-12-16-8-11-26-18(16)14(2)22(13)10-9-20-19(23)15-4-6-17(7-5-15)21-27(3,24)25;3-1(4)2(5)6/h4-8,11,13-14,21H,9-10,12H2,1-3H3,(H,20,23);(H,3,4)(H,5,6)/t13-,14-;/m1./s1. The number of aliphatic carboxylic acids is 2. The molecule has 0 aliphatic carbocycles. The maximum atomic E-state index is 12.3. The quantitative estimate of drug-likeness (QED) is 0.442. The lowest BCUT2D eigenvalue weighted by Crippen LogP contribution is -2.44. The summed E-state index contributed by atoms with van der Waals surface area (Å²) in [4.78, 5) is 34.4. The average molecular weight is 498 g/mol. The Kier molecular flexibility index (Phi) is 8.97. The molecule has 0 saturated heterocycles. The Hall–Kier alpha value is -2.96. The van der Waals surface area contributed by atoms with E-state index in [1.54, 1.807) is 35.6 Å². The van der Waals surface area contributed by atoms with Gasteiger partial charge in [-0.2, -0.15) is 0 Å². The summed E-state index contributed by atoms with van der Waals surface area (Å²) in [5.74, 6) is -3.81. The SMILES string of the molecule is C[C@@H]1Cc2ccsc2[C@@H](C)N1CCNC(=O)c1ccc(NS(C)(=O)=O)cc1.O=C(O)C(=O)O. The third-order valence-electron chi connectivity index (χ3n) is 5.03. The molecule has 2 heterocycles. The molecule has 12 heteroatoms.